The number of likely N-dealkylation sites (tertiary alicyclic amines) is 1. The minimum Gasteiger partial charge on any atom is -0.381 e. The van der Waals surface area contributed by atoms with Crippen LogP contribution in [0.3, 0.4) is 0 Å². The second-order valence-corrected chi connectivity index (χ2v) is 6.15. The monoisotopic (exact) mass is 227 g/mol. The smallest absolute Gasteiger partial charge is 0.0480 e. The van der Waals surface area contributed by atoms with Gasteiger partial charge in [0.25, 0.3) is 0 Å². The Kier molecular flexibility index (Phi) is 3.92. The van der Waals surface area contributed by atoms with Gasteiger partial charge in [0.15, 0.2) is 0 Å². The van der Waals surface area contributed by atoms with Gasteiger partial charge in [-0.15, -0.1) is 5.69 Å². The van der Waals surface area contributed by atoms with E-state index in [2.05, 4.69) is 10.8 Å². The van der Waals surface area contributed by atoms with E-state index in [0.29, 0.717) is 5.25 Å². The van der Waals surface area contributed by atoms with Crippen LogP contribution >= 0.6 is 9.89 Å². The zero-order chi connectivity index (χ0) is 10.7. The van der Waals surface area contributed by atoms with E-state index in [4.69, 9.17) is 10.4 Å². The van der Waals surface area contributed by atoms with Crippen LogP contribution in [0.2, 0.25) is 0 Å². The first kappa shape index (κ1) is 11.3. The van der Waals surface area contributed by atoms with Crippen molar-refractivity contribution in [3.63, 3.8) is 0 Å². The lowest BCUT2D eigenvalue weighted by molar-refractivity contribution is 0.0280. The molecule has 0 unspecified atom stereocenters. The highest BCUT2D eigenvalue weighted by molar-refractivity contribution is 8.04. The molecule has 0 spiro atoms. The highest BCUT2D eigenvalue weighted by atomic mass is 32.2. The van der Waals surface area contributed by atoms with E-state index in [1.54, 1.807) is 0 Å². The molecule has 0 atom stereocenters. The molecule has 2 heterocycles. The van der Waals surface area contributed by atoms with Gasteiger partial charge in [0.1, 0.15) is 0 Å². The van der Waals surface area contributed by atoms with Gasteiger partial charge < -0.3 is 9.64 Å². The Bertz CT molecular complexity index is 307. The standard InChI is InChI=1S/C12H21NOS/c1-15(2)12-3-7-13(8-4-12)11-5-9-14-10-6-11/h1,11-12H,2-10H2. The third kappa shape index (κ3) is 2.88. The van der Waals surface area contributed by atoms with Crippen LogP contribution in [0.1, 0.15) is 25.7 Å². The summed E-state index contributed by atoms with van der Waals surface area (Å²) in [7, 11) is -0.123. The molecular formula is C12H21NOS. The Balaban J connectivity index is 1.82. The van der Waals surface area contributed by atoms with Crippen molar-refractivity contribution >= 4 is 15.8 Å². The normalized spacial score (nSPS) is 26.6. The van der Waals surface area contributed by atoms with Gasteiger partial charge in [-0.25, -0.2) is 0 Å². The number of rotatable bonds is 1. The van der Waals surface area contributed by atoms with Crippen LogP contribution in [0, 0.1) is 5.69 Å². The van der Waals surface area contributed by atoms with Gasteiger partial charge in [-0.2, -0.15) is 9.89 Å². The van der Waals surface area contributed by atoms with Gasteiger partial charge in [-0.3, -0.25) is 0 Å². The average molecular weight is 227 g/mol. The first-order chi connectivity index (χ1) is 7.27. The van der Waals surface area contributed by atoms with E-state index in [9.17, 15) is 0 Å². The van der Waals surface area contributed by atoms with E-state index in [1.807, 2.05) is 0 Å². The van der Waals surface area contributed by atoms with Crippen LogP contribution in [0.4, 0.5) is 0 Å². The molecule has 2 fully saturated rings. The predicted molar refractivity (Wildman–Crippen MR) is 68.1 cm³/mol. The van der Waals surface area contributed by atoms with Crippen molar-refractivity contribution in [3.05, 3.63) is 0 Å². The number of hydrogen-bond acceptors (Lipinski definition) is 2. The van der Waals surface area contributed by atoms with Crippen molar-refractivity contribution in [1.82, 2.24) is 4.90 Å². The summed E-state index contributed by atoms with van der Waals surface area (Å²) < 4.78 is 5.39. The first-order valence-electron chi connectivity index (χ1n) is 5.86. The van der Waals surface area contributed by atoms with E-state index in [1.165, 1.54) is 38.8 Å². The van der Waals surface area contributed by atoms with Gasteiger partial charge in [0, 0.05) is 24.5 Å². The van der Waals surface area contributed by atoms with Crippen LogP contribution in [0.25, 0.3) is 0 Å². The summed E-state index contributed by atoms with van der Waals surface area (Å²) in [6, 6.07) is 0.768. The second-order valence-electron chi connectivity index (χ2n) is 4.55. The molecule has 2 rings (SSSR count). The fourth-order valence-corrected chi connectivity index (χ4v) is 3.41. The summed E-state index contributed by atoms with van der Waals surface area (Å²) in [5.41, 5.74) is 5.87. The van der Waals surface area contributed by atoms with E-state index in [0.717, 1.165) is 19.3 Å². The highest BCUT2D eigenvalue weighted by Crippen LogP contribution is 2.24. The molecule has 0 N–H and O–H groups in total. The minimum atomic E-state index is -0.123. The molecule has 0 aromatic rings. The van der Waals surface area contributed by atoms with Crippen molar-refractivity contribution in [3.8, 4) is 5.69 Å². The molecule has 0 aromatic heterocycles. The Morgan fingerprint density at radius 2 is 1.73 bits per heavy atom. The van der Waals surface area contributed by atoms with E-state index >= 15 is 0 Å². The fourth-order valence-electron chi connectivity index (χ4n) is 2.59. The maximum atomic E-state index is 5.87. The van der Waals surface area contributed by atoms with Gasteiger partial charge in [0.05, 0.1) is 0 Å². The first-order valence-corrected chi connectivity index (χ1v) is 7.38. The molecule has 3 heteroatoms. The maximum Gasteiger partial charge on any atom is 0.0480 e. The molecule has 0 saturated carbocycles. The Morgan fingerprint density at radius 1 is 1.13 bits per heavy atom. The van der Waals surface area contributed by atoms with Crippen LogP contribution in [-0.4, -0.2) is 48.4 Å². The van der Waals surface area contributed by atoms with Crippen molar-refractivity contribution in [2.75, 3.05) is 26.3 Å². The molecule has 86 valence electrons. The summed E-state index contributed by atoms with van der Waals surface area (Å²) in [5.74, 6) is 3.97. The van der Waals surface area contributed by atoms with Gasteiger partial charge in [-0.1, -0.05) is 5.87 Å². The second kappa shape index (κ2) is 5.22. The third-order valence-electron chi connectivity index (χ3n) is 3.61. The molecule has 0 aliphatic carbocycles. The summed E-state index contributed by atoms with van der Waals surface area (Å²) in [6.45, 7) is 4.32. The number of hydrogen-bond donors (Lipinski definition) is 0. The zero-order valence-corrected chi connectivity index (χ0v) is 10.2. The topological polar surface area (TPSA) is 12.5 Å². The van der Waals surface area contributed by atoms with Gasteiger partial charge in [0.2, 0.25) is 0 Å². The largest absolute Gasteiger partial charge is 0.381 e. The van der Waals surface area contributed by atoms with Crippen molar-refractivity contribution in [2.24, 2.45) is 0 Å². The minimum absolute atomic E-state index is 0.123. The molecule has 2 saturated heterocycles. The molecule has 2 aliphatic heterocycles. The lowest BCUT2D eigenvalue weighted by atomic mass is 10.0. The van der Waals surface area contributed by atoms with E-state index in [-0.39, 0.29) is 9.89 Å². The molecule has 15 heavy (non-hydrogen) atoms. The van der Waals surface area contributed by atoms with Gasteiger partial charge >= 0.3 is 0 Å². The molecule has 0 bridgehead atoms. The Labute approximate surface area is 94.7 Å². The molecule has 2 aliphatic rings. The number of nitrogens with zero attached hydrogens (tertiary/aromatic N) is 1. The molecule has 2 nitrogen and oxygen atoms in total. The summed E-state index contributed by atoms with van der Waals surface area (Å²) in [5, 5.41) is 0.668. The van der Waals surface area contributed by atoms with Crippen molar-refractivity contribution in [2.45, 2.75) is 37.0 Å². The Hall–Kier alpha value is -0.210. The molecule has 0 amide bonds. The summed E-state index contributed by atoms with van der Waals surface area (Å²) in [6.07, 6.45) is 4.90. The lowest BCUT2D eigenvalue weighted by Gasteiger charge is -2.38. The zero-order valence-electron chi connectivity index (χ0n) is 9.36. The van der Waals surface area contributed by atoms with Crippen LogP contribution in [0.5, 0.6) is 0 Å². The molecule has 0 aromatic carbocycles. The Morgan fingerprint density at radius 3 is 2.27 bits per heavy atom. The lowest BCUT2D eigenvalue weighted by Crippen LogP contribution is -2.44. The number of piperidine rings is 1. The maximum absolute atomic E-state index is 5.87. The average Bonchev–Trinajstić information content (AvgIpc) is 2.30. The van der Waals surface area contributed by atoms with E-state index < -0.39 is 0 Å². The highest BCUT2D eigenvalue weighted by Gasteiger charge is 2.25. The molecular weight excluding hydrogens is 206 g/mol. The quantitative estimate of drug-likeness (QED) is 0.635. The number of ether oxygens (including phenoxy) is 1. The summed E-state index contributed by atoms with van der Waals surface area (Å²) in [4.78, 5) is 2.63. The van der Waals surface area contributed by atoms with Crippen LogP contribution < -0.4 is 0 Å². The van der Waals surface area contributed by atoms with Gasteiger partial charge in [-0.05, 0) is 38.8 Å². The predicted octanol–water partition coefficient (Wildman–Crippen LogP) is 1.92. The molecule has 0 radical (unpaired) electrons. The van der Waals surface area contributed by atoms with Crippen molar-refractivity contribution in [1.29, 1.82) is 0 Å². The van der Waals surface area contributed by atoms with Crippen molar-refractivity contribution < 1.29 is 4.74 Å². The summed E-state index contributed by atoms with van der Waals surface area (Å²) >= 11 is 0. The fraction of sp³-hybridized carbons (Fsp3) is 0.833. The SMILES string of the molecule is C#S(=C)C1CCN(C2CCOCC2)CC1. The van der Waals surface area contributed by atoms with Crippen LogP contribution in [0.15, 0.2) is 0 Å². The van der Waals surface area contributed by atoms with Crippen LogP contribution in [-0.2, 0) is 4.74 Å². The third-order valence-corrected chi connectivity index (χ3v) is 4.94.